The number of ether oxygens (including phenoxy) is 3. The van der Waals surface area contributed by atoms with E-state index in [9.17, 15) is 9.59 Å². The first kappa shape index (κ1) is 25.6. The smallest absolute Gasteiger partial charge is 0.341 e. The van der Waals surface area contributed by atoms with Gasteiger partial charge in [0.15, 0.2) is 6.61 Å². The zero-order valence-electron chi connectivity index (χ0n) is 20.3. The molecule has 0 bridgehead atoms. The van der Waals surface area contributed by atoms with Crippen molar-refractivity contribution in [2.24, 2.45) is 0 Å². The zero-order valence-corrected chi connectivity index (χ0v) is 20.3. The van der Waals surface area contributed by atoms with Crippen molar-refractivity contribution in [3.8, 4) is 17.2 Å². The molecular weight excluding hydrogens is 446 g/mol. The quantitative estimate of drug-likeness (QED) is 0.405. The van der Waals surface area contributed by atoms with Crippen LogP contribution in [-0.4, -0.2) is 49.3 Å². The van der Waals surface area contributed by atoms with Crippen LogP contribution in [0.25, 0.3) is 0 Å². The third-order valence-corrected chi connectivity index (χ3v) is 5.66. The van der Waals surface area contributed by atoms with Crippen LogP contribution in [0.4, 0.5) is 0 Å². The van der Waals surface area contributed by atoms with Crippen molar-refractivity contribution < 1.29 is 28.9 Å². The molecule has 1 N–H and O–H groups in total. The van der Waals surface area contributed by atoms with Gasteiger partial charge in [-0.2, -0.15) is 0 Å². The molecule has 0 saturated heterocycles. The fourth-order valence-corrected chi connectivity index (χ4v) is 3.86. The molecule has 3 aromatic rings. The Kier molecular flexibility index (Phi) is 9.12. The van der Waals surface area contributed by atoms with Gasteiger partial charge in [-0.3, -0.25) is 4.79 Å². The summed E-state index contributed by atoms with van der Waals surface area (Å²) < 4.78 is 16.2. The Bertz CT molecular complexity index is 1120. The minimum Gasteiger partial charge on any atom is -0.496 e. The molecule has 7 heteroatoms. The molecule has 184 valence electrons. The van der Waals surface area contributed by atoms with Gasteiger partial charge >= 0.3 is 5.97 Å². The van der Waals surface area contributed by atoms with Crippen LogP contribution in [0.3, 0.4) is 0 Å². The maximum absolute atomic E-state index is 13.6. The summed E-state index contributed by atoms with van der Waals surface area (Å²) in [5.74, 6) is 0.421. The maximum atomic E-state index is 13.6. The molecule has 7 nitrogen and oxygen atoms in total. The van der Waals surface area contributed by atoms with E-state index < -0.39 is 12.6 Å². The van der Waals surface area contributed by atoms with Crippen LogP contribution in [-0.2, 0) is 17.8 Å². The van der Waals surface area contributed by atoms with Crippen molar-refractivity contribution in [2.45, 2.75) is 26.3 Å². The predicted octanol–water partition coefficient (Wildman–Crippen LogP) is 4.75. The number of carboxylic acid groups (broad SMARTS) is 1. The Balaban J connectivity index is 1.84. The van der Waals surface area contributed by atoms with Crippen LogP contribution in [0.1, 0.15) is 33.5 Å². The Labute approximate surface area is 205 Å². The van der Waals surface area contributed by atoms with Crippen molar-refractivity contribution in [1.82, 2.24) is 4.90 Å². The van der Waals surface area contributed by atoms with E-state index in [1.807, 2.05) is 31.2 Å². The monoisotopic (exact) mass is 477 g/mol. The number of rotatable bonds is 12. The number of carboxylic acids is 1. The van der Waals surface area contributed by atoms with Gasteiger partial charge in [-0.15, -0.1) is 0 Å². The third kappa shape index (κ3) is 7.24. The molecular formula is C28H31NO6. The summed E-state index contributed by atoms with van der Waals surface area (Å²) in [7, 11) is 3.13. The SMILES string of the molecule is COc1cc(C(=O)N(CCCc2ccccc2)Cc2cccc(OCC(=O)O)c2)cc(OC)c1C. The third-order valence-electron chi connectivity index (χ3n) is 5.66. The van der Waals surface area contributed by atoms with E-state index in [2.05, 4.69) is 12.1 Å². The number of hydrogen-bond acceptors (Lipinski definition) is 5. The molecule has 0 fully saturated rings. The topological polar surface area (TPSA) is 85.3 Å². The van der Waals surface area contributed by atoms with Gasteiger partial charge in [0.05, 0.1) is 14.2 Å². The normalized spacial score (nSPS) is 10.5. The minimum absolute atomic E-state index is 0.147. The predicted molar refractivity (Wildman–Crippen MR) is 133 cm³/mol. The molecule has 0 radical (unpaired) electrons. The maximum Gasteiger partial charge on any atom is 0.341 e. The molecule has 0 aliphatic heterocycles. The average molecular weight is 478 g/mol. The van der Waals surface area contributed by atoms with Gasteiger partial charge in [0.2, 0.25) is 0 Å². The number of methoxy groups -OCH3 is 2. The van der Waals surface area contributed by atoms with Gasteiger partial charge in [-0.05, 0) is 55.2 Å². The first-order valence-corrected chi connectivity index (χ1v) is 11.4. The molecule has 35 heavy (non-hydrogen) atoms. The van der Waals surface area contributed by atoms with Gasteiger partial charge in [0.25, 0.3) is 5.91 Å². The van der Waals surface area contributed by atoms with Crippen LogP contribution in [0.2, 0.25) is 0 Å². The molecule has 0 atom stereocenters. The summed E-state index contributed by atoms with van der Waals surface area (Å²) in [5, 5.41) is 8.89. The number of amides is 1. The van der Waals surface area contributed by atoms with E-state index in [-0.39, 0.29) is 5.91 Å². The molecule has 0 aromatic heterocycles. The van der Waals surface area contributed by atoms with Crippen molar-refractivity contribution >= 4 is 11.9 Å². The highest BCUT2D eigenvalue weighted by molar-refractivity contribution is 5.95. The van der Waals surface area contributed by atoms with E-state index >= 15 is 0 Å². The standard InChI is InChI=1S/C28H31NO6/c1-20-25(33-2)16-23(17-26(20)34-3)28(32)29(14-8-12-21-9-5-4-6-10-21)18-22-11-7-13-24(15-22)35-19-27(30)31/h4-7,9-11,13,15-17H,8,12,14,18-19H2,1-3H3,(H,30,31). The second-order valence-corrected chi connectivity index (χ2v) is 8.15. The lowest BCUT2D eigenvalue weighted by Gasteiger charge is -2.24. The van der Waals surface area contributed by atoms with Crippen LogP contribution in [0.15, 0.2) is 66.7 Å². The van der Waals surface area contributed by atoms with Crippen molar-refractivity contribution in [3.63, 3.8) is 0 Å². The Morgan fingerprint density at radius 3 is 2.17 bits per heavy atom. The van der Waals surface area contributed by atoms with Crippen LogP contribution >= 0.6 is 0 Å². The second kappa shape index (κ2) is 12.5. The summed E-state index contributed by atoms with van der Waals surface area (Å²) in [6, 6.07) is 20.7. The van der Waals surface area contributed by atoms with E-state index in [0.717, 1.165) is 24.0 Å². The summed E-state index contributed by atoms with van der Waals surface area (Å²) in [6.07, 6.45) is 1.62. The second-order valence-electron chi connectivity index (χ2n) is 8.15. The van der Waals surface area contributed by atoms with Crippen LogP contribution < -0.4 is 14.2 Å². The fraction of sp³-hybridized carbons (Fsp3) is 0.286. The Morgan fingerprint density at radius 1 is 0.886 bits per heavy atom. The van der Waals surface area contributed by atoms with Crippen molar-refractivity contribution in [3.05, 3.63) is 89.0 Å². The van der Waals surface area contributed by atoms with E-state index in [0.29, 0.717) is 35.9 Å². The number of benzene rings is 3. The van der Waals surface area contributed by atoms with Crippen LogP contribution in [0.5, 0.6) is 17.2 Å². The van der Waals surface area contributed by atoms with Gasteiger partial charge < -0.3 is 24.2 Å². The largest absolute Gasteiger partial charge is 0.496 e. The lowest BCUT2D eigenvalue weighted by atomic mass is 10.1. The Hall–Kier alpha value is -4.00. The number of hydrogen-bond donors (Lipinski definition) is 1. The first-order valence-electron chi connectivity index (χ1n) is 11.4. The van der Waals surface area contributed by atoms with Gasteiger partial charge in [-0.1, -0.05) is 42.5 Å². The molecule has 0 unspecified atom stereocenters. The average Bonchev–Trinajstić information content (AvgIpc) is 2.87. The number of aryl methyl sites for hydroxylation is 1. The van der Waals surface area contributed by atoms with Crippen LogP contribution in [0, 0.1) is 6.92 Å². The molecule has 1 amide bonds. The number of carbonyl (C=O) groups is 2. The van der Waals surface area contributed by atoms with E-state index in [4.69, 9.17) is 19.3 Å². The van der Waals surface area contributed by atoms with E-state index in [1.165, 1.54) is 5.56 Å². The number of aliphatic carboxylic acids is 1. The molecule has 0 aliphatic rings. The van der Waals surface area contributed by atoms with Crippen molar-refractivity contribution in [2.75, 3.05) is 27.4 Å². The lowest BCUT2D eigenvalue weighted by Crippen LogP contribution is -2.32. The van der Waals surface area contributed by atoms with Gasteiger partial charge in [0, 0.05) is 24.2 Å². The first-order chi connectivity index (χ1) is 16.9. The summed E-state index contributed by atoms with van der Waals surface area (Å²) in [5.41, 5.74) is 3.35. The van der Waals surface area contributed by atoms with Gasteiger partial charge in [0.1, 0.15) is 17.2 Å². The summed E-state index contributed by atoms with van der Waals surface area (Å²) >= 11 is 0. The Morgan fingerprint density at radius 2 is 1.54 bits per heavy atom. The number of carbonyl (C=O) groups excluding carboxylic acids is 1. The highest BCUT2D eigenvalue weighted by atomic mass is 16.5. The highest BCUT2D eigenvalue weighted by Gasteiger charge is 2.20. The number of nitrogens with zero attached hydrogens (tertiary/aromatic N) is 1. The van der Waals surface area contributed by atoms with Gasteiger partial charge in [-0.25, -0.2) is 4.79 Å². The van der Waals surface area contributed by atoms with Crippen molar-refractivity contribution in [1.29, 1.82) is 0 Å². The molecule has 3 rings (SSSR count). The molecule has 3 aromatic carbocycles. The summed E-state index contributed by atoms with van der Waals surface area (Å²) in [4.78, 5) is 26.3. The minimum atomic E-state index is -1.05. The van der Waals surface area contributed by atoms with E-state index in [1.54, 1.807) is 49.5 Å². The highest BCUT2D eigenvalue weighted by Crippen LogP contribution is 2.30. The molecule has 0 spiro atoms. The molecule has 0 heterocycles. The molecule has 0 saturated carbocycles. The zero-order chi connectivity index (χ0) is 25.2. The lowest BCUT2D eigenvalue weighted by molar-refractivity contribution is -0.139. The molecule has 0 aliphatic carbocycles. The fourth-order valence-electron chi connectivity index (χ4n) is 3.86. The summed E-state index contributed by atoms with van der Waals surface area (Å²) in [6.45, 7) is 2.33.